The number of fused-ring (bicyclic) bond motifs is 3. The maximum Gasteiger partial charge on any atom is 0.277 e. The maximum absolute atomic E-state index is 14.6. The van der Waals surface area contributed by atoms with Gasteiger partial charge in [-0.1, -0.05) is 12.1 Å². The van der Waals surface area contributed by atoms with Crippen LogP contribution in [0, 0.1) is 17.1 Å². The molecule has 12 heteroatoms. The van der Waals surface area contributed by atoms with Crippen LogP contribution in [0.1, 0.15) is 37.1 Å². The molecular formula is C23H24FN7O4. The zero-order valence-electron chi connectivity index (χ0n) is 19.1. The molecule has 1 fully saturated rings. The predicted octanol–water partition coefficient (Wildman–Crippen LogP) is 1.26. The number of hydrogen-bond acceptors (Lipinski definition) is 9. The number of nitriles is 1. The predicted molar refractivity (Wildman–Crippen MR) is 122 cm³/mol. The number of imidazole rings is 1. The Balaban J connectivity index is 1.68. The molecule has 0 bridgehead atoms. The van der Waals surface area contributed by atoms with Crippen LogP contribution in [0.5, 0.6) is 0 Å². The molecule has 4 aromatic rings. The quantitative estimate of drug-likeness (QED) is 0.416. The van der Waals surface area contributed by atoms with Crippen molar-refractivity contribution in [3.63, 3.8) is 0 Å². The normalized spacial score (nSPS) is 16.2. The number of rotatable bonds is 6. The summed E-state index contributed by atoms with van der Waals surface area (Å²) in [5.74, 6) is -0.786. The van der Waals surface area contributed by atoms with Gasteiger partial charge in [-0.3, -0.25) is 9.20 Å². The smallest absolute Gasteiger partial charge is 0.277 e. The molecule has 0 radical (unpaired) electrons. The highest BCUT2D eigenvalue weighted by Crippen LogP contribution is 2.26. The summed E-state index contributed by atoms with van der Waals surface area (Å²) in [5.41, 5.74) is 0.308. The molecule has 35 heavy (non-hydrogen) atoms. The highest BCUT2D eigenvalue weighted by molar-refractivity contribution is 5.87. The largest absolute Gasteiger partial charge is 0.396 e. The Morgan fingerprint density at radius 2 is 2.06 bits per heavy atom. The molecule has 0 amide bonds. The Morgan fingerprint density at radius 1 is 1.29 bits per heavy atom. The number of nitrogens with zero attached hydrogens (tertiary/aromatic N) is 7. The van der Waals surface area contributed by atoms with Crippen LogP contribution in [-0.2, 0) is 6.54 Å². The molecule has 0 aliphatic carbocycles. The van der Waals surface area contributed by atoms with Gasteiger partial charge in [-0.25, -0.2) is 9.37 Å². The lowest BCUT2D eigenvalue weighted by Crippen LogP contribution is -2.39. The van der Waals surface area contributed by atoms with Crippen molar-refractivity contribution >= 4 is 16.6 Å². The van der Waals surface area contributed by atoms with Crippen LogP contribution < -0.4 is 5.56 Å². The molecule has 4 heterocycles. The fourth-order valence-corrected chi connectivity index (χ4v) is 4.47. The first kappa shape index (κ1) is 23.1. The molecule has 1 aliphatic heterocycles. The van der Waals surface area contributed by atoms with E-state index in [1.807, 2.05) is 6.07 Å². The van der Waals surface area contributed by atoms with E-state index in [9.17, 15) is 24.7 Å². The Kier molecular flexibility index (Phi) is 6.06. The summed E-state index contributed by atoms with van der Waals surface area (Å²) in [6, 6.07) is 4.59. The van der Waals surface area contributed by atoms with E-state index in [1.54, 1.807) is 6.92 Å². The second-order valence-corrected chi connectivity index (χ2v) is 8.78. The second kappa shape index (κ2) is 9.18. The first-order valence-corrected chi connectivity index (χ1v) is 11.4. The number of benzene rings is 1. The average Bonchev–Trinajstić information content (AvgIpc) is 3.52. The van der Waals surface area contributed by atoms with Crippen molar-refractivity contribution in [1.82, 2.24) is 29.0 Å². The summed E-state index contributed by atoms with van der Waals surface area (Å²) in [6.45, 7) is 3.61. The van der Waals surface area contributed by atoms with E-state index in [2.05, 4.69) is 20.0 Å². The minimum atomic E-state index is -0.713. The number of piperidine rings is 1. The van der Waals surface area contributed by atoms with Gasteiger partial charge in [0.25, 0.3) is 5.56 Å². The first-order chi connectivity index (χ1) is 16.9. The number of aliphatic hydroxyl groups is 2. The maximum atomic E-state index is 14.6. The zero-order chi connectivity index (χ0) is 24.7. The van der Waals surface area contributed by atoms with Gasteiger partial charge in [0.2, 0.25) is 11.7 Å². The van der Waals surface area contributed by atoms with Crippen LogP contribution in [0.3, 0.4) is 0 Å². The third-order valence-corrected chi connectivity index (χ3v) is 6.51. The lowest BCUT2D eigenvalue weighted by atomic mass is 10.1. The summed E-state index contributed by atoms with van der Waals surface area (Å²) in [6.07, 6.45) is 2.38. The molecule has 182 valence electrons. The molecule has 0 saturated carbocycles. The Labute approximate surface area is 198 Å². The number of halogens is 1. The van der Waals surface area contributed by atoms with Gasteiger partial charge in [0.05, 0.1) is 29.7 Å². The zero-order valence-corrected chi connectivity index (χ0v) is 19.1. The number of hydrogen-bond donors (Lipinski definition) is 2. The van der Waals surface area contributed by atoms with Crippen LogP contribution in [0.15, 0.2) is 27.8 Å². The van der Waals surface area contributed by atoms with Crippen molar-refractivity contribution < 1.29 is 19.1 Å². The molecule has 1 aromatic carbocycles. The second-order valence-electron chi connectivity index (χ2n) is 8.78. The highest BCUT2D eigenvalue weighted by atomic mass is 19.1. The van der Waals surface area contributed by atoms with Crippen molar-refractivity contribution in [3.05, 3.63) is 46.1 Å². The summed E-state index contributed by atoms with van der Waals surface area (Å²) < 4.78 is 22.7. The Hall–Kier alpha value is -3.66. The minimum Gasteiger partial charge on any atom is -0.396 e. The lowest BCUT2D eigenvalue weighted by Gasteiger charge is -2.29. The third kappa shape index (κ3) is 3.97. The fraction of sp³-hybridized carbons (Fsp3) is 0.435. The van der Waals surface area contributed by atoms with E-state index in [1.165, 1.54) is 27.4 Å². The van der Waals surface area contributed by atoms with Crippen LogP contribution in [0.4, 0.5) is 4.39 Å². The highest BCUT2D eigenvalue weighted by Gasteiger charge is 2.25. The molecule has 5 rings (SSSR count). The molecule has 1 unspecified atom stereocenters. The number of aromatic nitrogens is 5. The van der Waals surface area contributed by atoms with E-state index in [-0.39, 0.29) is 59.2 Å². The number of aliphatic hydroxyl groups excluding tert-OH is 2. The summed E-state index contributed by atoms with van der Waals surface area (Å²) in [7, 11) is 0. The van der Waals surface area contributed by atoms with Gasteiger partial charge in [0.1, 0.15) is 35.0 Å². The molecule has 1 aliphatic rings. The monoisotopic (exact) mass is 481 g/mol. The molecule has 3 aromatic heterocycles. The number of likely N-dealkylation sites (tertiary alicyclic amines) is 1. The summed E-state index contributed by atoms with van der Waals surface area (Å²) >= 11 is 0. The van der Waals surface area contributed by atoms with Crippen molar-refractivity contribution in [1.29, 1.82) is 5.26 Å². The van der Waals surface area contributed by atoms with Crippen molar-refractivity contribution in [2.75, 3.05) is 26.2 Å². The van der Waals surface area contributed by atoms with Gasteiger partial charge in [0, 0.05) is 26.2 Å². The van der Waals surface area contributed by atoms with Gasteiger partial charge in [-0.2, -0.15) is 10.2 Å². The minimum absolute atomic E-state index is 0.0958. The molecule has 2 N–H and O–H groups in total. The average molecular weight is 481 g/mol. The van der Waals surface area contributed by atoms with E-state index in [4.69, 9.17) is 4.52 Å². The molecule has 11 nitrogen and oxygen atoms in total. The van der Waals surface area contributed by atoms with Crippen molar-refractivity contribution in [2.24, 2.45) is 0 Å². The summed E-state index contributed by atoms with van der Waals surface area (Å²) in [4.78, 5) is 24.5. The Morgan fingerprint density at radius 3 is 2.77 bits per heavy atom. The van der Waals surface area contributed by atoms with Gasteiger partial charge >= 0.3 is 0 Å². The van der Waals surface area contributed by atoms with Gasteiger partial charge in [-0.15, -0.1) is 0 Å². The summed E-state index contributed by atoms with van der Waals surface area (Å²) in [5, 5.41) is 32.8. The van der Waals surface area contributed by atoms with Gasteiger partial charge in [-0.05, 0) is 25.0 Å². The van der Waals surface area contributed by atoms with E-state index < -0.39 is 11.4 Å². The molecule has 0 spiro atoms. The topological polar surface area (TPSA) is 146 Å². The van der Waals surface area contributed by atoms with Crippen molar-refractivity contribution in [2.45, 2.75) is 38.3 Å². The lowest BCUT2D eigenvalue weighted by molar-refractivity contribution is 0.0810. The molecule has 1 saturated heterocycles. The Bertz CT molecular complexity index is 1490. The van der Waals surface area contributed by atoms with E-state index >= 15 is 0 Å². The van der Waals surface area contributed by atoms with Gasteiger partial charge in [0.15, 0.2) is 0 Å². The fourth-order valence-electron chi connectivity index (χ4n) is 4.47. The van der Waals surface area contributed by atoms with Crippen molar-refractivity contribution in [3.8, 4) is 17.6 Å². The standard InChI is InChI=1S/C23H24FN7O4/c1-13(11-32)22-27-21(28-35-22)18-20-23(34)30(9-8-29-6-4-14(33)5-7-29)19-15(10-25)16(24)2-3-17(19)31(20)12-26-18/h2-3,12-14,32-33H,4-9,11H2,1H3. The van der Waals surface area contributed by atoms with E-state index in [0.717, 1.165) is 0 Å². The van der Waals surface area contributed by atoms with Crippen LogP contribution in [-0.4, -0.2) is 71.6 Å². The SMILES string of the molecule is CC(CO)c1nc(-c2ncn3c2c(=O)n(CCN2CCC(O)CC2)c2c(C#N)c(F)ccc23)no1. The van der Waals surface area contributed by atoms with E-state index in [0.29, 0.717) is 38.0 Å². The third-order valence-electron chi connectivity index (χ3n) is 6.51. The van der Waals surface area contributed by atoms with Crippen LogP contribution in [0.2, 0.25) is 0 Å². The molecule has 1 atom stereocenters. The van der Waals surface area contributed by atoms with Gasteiger partial charge < -0.3 is 24.2 Å². The first-order valence-electron chi connectivity index (χ1n) is 11.4. The molecular weight excluding hydrogens is 457 g/mol. The van der Waals surface area contributed by atoms with Crippen LogP contribution >= 0.6 is 0 Å². The van der Waals surface area contributed by atoms with Crippen LogP contribution in [0.25, 0.3) is 28.1 Å².